The van der Waals surface area contributed by atoms with Gasteiger partial charge in [-0.1, -0.05) is 28.1 Å². The van der Waals surface area contributed by atoms with Crippen LogP contribution < -0.4 is 5.73 Å². The number of rotatable bonds is 2. The molecular formula is C13H14BrNS. The van der Waals surface area contributed by atoms with Gasteiger partial charge in [0.1, 0.15) is 0 Å². The molecule has 2 rings (SSSR count). The van der Waals surface area contributed by atoms with Gasteiger partial charge in [0, 0.05) is 9.35 Å². The molecule has 0 saturated carbocycles. The summed E-state index contributed by atoms with van der Waals surface area (Å²) in [6.07, 6.45) is 0. The summed E-state index contributed by atoms with van der Waals surface area (Å²) in [6, 6.07) is 10.3. The number of aryl methyl sites for hydroxylation is 1. The lowest BCUT2D eigenvalue weighted by Crippen LogP contribution is -2.33. The molecule has 1 unspecified atom stereocenters. The summed E-state index contributed by atoms with van der Waals surface area (Å²) in [6.45, 7) is 4.17. The first-order valence-electron chi connectivity index (χ1n) is 5.11. The van der Waals surface area contributed by atoms with Gasteiger partial charge in [0.2, 0.25) is 0 Å². The minimum atomic E-state index is -0.415. The van der Waals surface area contributed by atoms with Crippen LogP contribution in [-0.4, -0.2) is 0 Å². The van der Waals surface area contributed by atoms with Crippen LogP contribution in [-0.2, 0) is 5.54 Å². The average Bonchev–Trinajstić information content (AvgIpc) is 2.65. The summed E-state index contributed by atoms with van der Waals surface area (Å²) in [7, 11) is 0. The smallest absolute Gasteiger partial charge is 0.0733 e. The van der Waals surface area contributed by atoms with Crippen LogP contribution in [0.25, 0.3) is 0 Å². The van der Waals surface area contributed by atoms with Crippen molar-refractivity contribution in [3.05, 3.63) is 56.2 Å². The second kappa shape index (κ2) is 4.32. The number of hydrogen-bond acceptors (Lipinski definition) is 2. The van der Waals surface area contributed by atoms with Gasteiger partial charge in [0.25, 0.3) is 0 Å². The summed E-state index contributed by atoms with van der Waals surface area (Å²) in [5.74, 6) is 0. The fourth-order valence-electron chi connectivity index (χ4n) is 1.85. The Hall–Kier alpha value is -0.640. The molecule has 0 bridgehead atoms. The van der Waals surface area contributed by atoms with Crippen LogP contribution in [0.3, 0.4) is 0 Å². The van der Waals surface area contributed by atoms with Crippen molar-refractivity contribution in [1.82, 2.24) is 0 Å². The Morgan fingerprint density at radius 3 is 2.62 bits per heavy atom. The lowest BCUT2D eigenvalue weighted by Gasteiger charge is -2.25. The van der Waals surface area contributed by atoms with E-state index in [1.54, 1.807) is 11.3 Å². The minimum absolute atomic E-state index is 0.415. The van der Waals surface area contributed by atoms with E-state index in [0.717, 1.165) is 10.0 Å². The molecule has 0 spiro atoms. The van der Waals surface area contributed by atoms with E-state index in [-0.39, 0.29) is 0 Å². The van der Waals surface area contributed by atoms with Crippen molar-refractivity contribution in [1.29, 1.82) is 0 Å². The number of benzene rings is 1. The van der Waals surface area contributed by atoms with E-state index in [0.29, 0.717) is 0 Å². The molecule has 1 aromatic heterocycles. The lowest BCUT2D eigenvalue weighted by atomic mass is 9.90. The standard InChI is InChI=1S/C13H14BrNS/c1-9-6-7-16-12(9)13(2,15)10-4-3-5-11(14)8-10/h3-8H,15H2,1-2H3. The molecule has 0 saturated heterocycles. The Balaban J connectivity index is 2.51. The minimum Gasteiger partial charge on any atom is -0.317 e. The molecule has 2 aromatic rings. The predicted molar refractivity (Wildman–Crippen MR) is 73.8 cm³/mol. The fraction of sp³-hybridized carbons (Fsp3) is 0.231. The summed E-state index contributed by atoms with van der Waals surface area (Å²) in [5.41, 5.74) is 8.44. The van der Waals surface area contributed by atoms with E-state index in [9.17, 15) is 0 Å². The maximum atomic E-state index is 6.46. The van der Waals surface area contributed by atoms with Gasteiger partial charge in [-0.2, -0.15) is 0 Å². The Morgan fingerprint density at radius 2 is 2.06 bits per heavy atom. The molecule has 0 amide bonds. The number of hydrogen-bond donors (Lipinski definition) is 1. The zero-order chi connectivity index (χ0) is 11.8. The third-order valence-corrected chi connectivity index (χ3v) is 4.51. The van der Waals surface area contributed by atoms with Gasteiger partial charge < -0.3 is 5.73 Å². The summed E-state index contributed by atoms with van der Waals surface area (Å²) < 4.78 is 1.07. The molecule has 0 radical (unpaired) electrons. The molecular weight excluding hydrogens is 282 g/mol. The van der Waals surface area contributed by atoms with Crippen molar-refractivity contribution in [3.63, 3.8) is 0 Å². The first-order valence-corrected chi connectivity index (χ1v) is 6.78. The third-order valence-electron chi connectivity index (χ3n) is 2.76. The lowest BCUT2D eigenvalue weighted by molar-refractivity contribution is 0.613. The molecule has 3 heteroatoms. The van der Waals surface area contributed by atoms with Gasteiger partial charge in [-0.3, -0.25) is 0 Å². The molecule has 0 aliphatic heterocycles. The Kier molecular flexibility index (Phi) is 3.19. The van der Waals surface area contributed by atoms with Crippen LogP contribution in [0.15, 0.2) is 40.2 Å². The van der Waals surface area contributed by atoms with E-state index in [1.807, 2.05) is 12.1 Å². The van der Waals surface area contributed by atoms with Gasteiger partial charge in [-0.05, 0) is 48.6 Å². The predicted octanol–water partition coefficient (Wildman–Crippen LogP) is 4.04. The second-order valence-corrected chi connectivity index (χ2v) is 5.98. The molecule has 1 aromatic carbocycles. The van der Waals surface area contributed by atoms with Crippen LogP contribution in [0.5, 0.6) is 0 Å². The van der Waals surface area contributed by atoms with E-state index in [4.69, 9.17) is 5.73 Å². The quantitative estimate of drug-likeness (QED) is 0.889. The summed E-state index contributed by atoms with van der Waals surface area (Å²) in [5, 5.41) is 2.09. The van der Waals surface area contributed by atoms with Crippen LogP contribution >= 0.6 is 27.3 Å². The van der Waals surface area contributed by atoms with Crippen LogP contribution in [0.4, 0.5) is 0 Å². The molecule has 2 N–H and O–H groups in total. The van der Waals surface area contributed by atoms with Crippen LogP contribution in [0.2, 0.25) is 0 Å². The first-order chi connectivity index (χ1) is 7.51. The molecule has 16 heavy (non-hydrogen) atoms. The van der Waals surface area contributed by atoms with Gasteiger partial charge in [0.15, 0.2) is 0 Å². The number of halogens is 1. The zero-order valence-electron chi connectivity index (χ0n) is 9.33. The average molecular weight is 296 g/mol. The monoisotopic (exact) mass is 295 g/mol. The highest BCUT2D eigenvalue weighted by Gasteiger charge is 2.26. The van der Waals surface area contributed by atoms with E-state index < -0.39 is 5.54 Å². The Bertz CT molecular complexity index is 502. The topological polar surface area (TPSA) is 26.0 Å². The van der Waals surface area contributed by atoms with Gasteiger partial charge in [0.05, 0.1) is 5.54 Å². The second-order valence-electron chi connectivity index (χ2n) is 4.15. The van der Waals surface area contributed by atoms with Gasteiger partial charge >= 0.3 is 0 Å². The SMILES string of the molecule is Cc1ccsc1C(C)(N)c1cccc(Br)c1. The third kappa shape index (κ3) is 2.08. The number of nitrogens with two attached hydrogens (primary N) is 1. The van der Waals surface area contributed by atoms with Gasteiger partial charge in [-0.15, -0.1) is 11.3 Å². The summed E-state index contributed by atoms with van der Waals surface area (Å²) in [4.78, 5) is 1.23. The fourth-order valence-corrected chi connectivity index (χ4v) is 3.27. The zero-order valence-corrected chi connectivity index (χ0v) is 11.7. The maximum absolute atomic E-state index is 6.46. The van der Waals surface area contributed by atoms with E-state index in [1.165, 1.54) is 10.4 Å². The van der Waals surface area contributed by atoms with Crippen molar-refractivity contribution in [2.24, 2.45) is 5.73 Å². The maximum Gasteiger partial charge on any atom is 0.0733 e. The molecule has 1 nitrogen and oxygen atoms in total. The Morgan fingerprint density at radius 1 is 1.31 bits per heavy atom. The highest BCUT2D eigenvalue weighted by atomic mass is 79.9. The largest absolute Gasteiger partial charge is 0.317 e. The Labute approximate surface area is 108 Å². The van der Waals surface area contributed by atoms with Crippen molar-refractivity contribution < 1.29 is 0 Å². The molecule has 84 valence electrons. The molecule has 0 fully saturated rings. The highest BCUT2D eigenvalue weighted by Crippen LogP contribution is 2.33. The van der Waals surface area contributed by atoms with Crippen molar-refractivity contribution in [2.75, 3.05) is 0 Å². The van der Waals surface area contributed by atoms with Crippen molar-refractivity contribution in [3.8, 4) is 0 Å². The van der Waals surface area contributed by atoms with Gasteiger partial charge in [-0.25, -0.2) is 0 Å². The number of thiophene rings is 1. The molecule has 0 aliphatic carbocycles. The molecule has 1 heterocycles. The van der Waals surface area contributed by atoms with Crippen molar-refractivity contribution >= 4 is 27.3 Å². The van der Waals surface area contributed by atoms with Crippen LogP contribution in [0, 0.1) is 6.92 Å². The highest BCUT2D eigenvalue weighted by molar-refractivity contribution is 9.10. The van der Waals surface area contributed by atoms with Crippen LogP contribution in [0.1, 0.15) is 22.9 Å². The van der Waals surface area contributed by atoms with E-state index >= 15 is 0 Å². The first kappa shape index (κ1) is 11.8. The molecule has 0 aliphatic rings. The summed E-state index contributed by atoms with van der Waals surface area (Å²) >= 11 is 5.20. The van der Waals surface area contributed by atoms with E-state index in [2.05, 4.69) is 53.4 Å². The molecule has 1 atom stereocenters. The van der Waals surface area contributed by atoms with Crippen molar-refractivity contribution in [2.45, 2.75) is 19.4 Å². The normalized spacial score (nSPS) is 14.8.